The Kier molecular flexibility index (Phi) is 4.65. The van der Waals surface area contributed by atoms with Crippen LogP contribution in [0.5, 0.6) is 5.75 Å². The molecule has 0 aliphatic heterocycles. The van der Waals surface area contributed by atoms with Crippen LogP contribution in [0.25, 0.3) is 0 Å². The van der Waals surface area contributed by atoms with Crippen LogP contribution >= 0.6 is 0 Å². The second-order valence-electron chi connectivity index (χ2n) is 4.65. The summed E-state index contributed by atoms with van der Waals surface area (Å²) in [5.41, 5.74) is 5.50. The van der Waals surface area contributed by atoms with Crippen LogP contribution in [-0.4, -0.2) is 12.1 Å². The number of halogens is 1. The Morgan fingerprint density at radius 2 is 2.15 bits per heavy atom. The van der Waals surface area contributed by atoms with Gasteiger partial charge in [0, 0.05) is 6.20 Å². The van der Waals surface area contributed by atoms with Gasteiger partial charge in [-0.2, -0.15) is 0 Å². The summed E-state index contributed by atoms with van der Waals surface area (Å²) in [6.07, 6.45) is 2.29. The Morgan fingerprint density at radius 1 is 1.35 bits per heavy atom. The van der Waals surface area contributed by atoms with Gasteiger partial charge >= 0.3 is 0 Å². The molecule has 2 aromatic rings. The molecule has 0 fully saturated rings. The summed E-state index contributed by atoms with van der Waals surface area (Å²) in [5.74, 6) is 5.45. The van der Waals surface area contributed by atoms with E-state index in [1.165, 1.54) is 13.2 Å². The van der Waals surface area contributed by atoms with Crippen molar-refractivity contribution in [1.29, 1.82) is 0 Å². The van der Waals surface area contributed by atoms with E-state index in [2.05, 4.69) is 10.4 Å². The van der Waals surface area contributed by atoms with Crippen LogP contribution < -0.4 is 16.0 Å². The number of ether oxygens (including phenoxy) is 1. The number of pyridine rings is 1. The third-order valence-electron chi connectivity index (χ3n) is 3.15. The molecule has 0 spiro atoms. The van der Waals surface area contributed by atoms with Crippen molar-refractivity contribution < 1.29 is 9.13 Å². The molecule has 0 saturated carbocycles. The number of hydrogen-bond donors (Lipinski definition) is 2. The lowest BCUT2D eigenvalue weighted by Crippen LogP contribution is -2.30. The molecule has 0 aliphatic rings. The Balaban J connectivity index is 2.20. The summed E-state index contributed by atoms with van der Waals surface area (Å²) in [5, 5.41) is 0. The van der Waals surface area contributed by atoms with Crippen LogP contribution in [0.3, 0.4) is 0 Å². The first kappa shape index (κ1) is 14.4. The lowest BCUT2D eigenvalue weighted by Gasteiger charge is -2.16. The van der Waals surface area contributed by atoms with Gasteiger partial charge in [0.1, 0.15) is 0 Å². The number of hydrazine groups is 1. The van der Waals surface area contributed by atoms with Crippen molar-refractivity contribution in [2.75, 3.05) is 7.11 Å². The fourth-order valence-electron chi connectivity index (χ4n) is 2.07. The van der Waals surface area contributed by atoms with Gasteiger partial charge in [-0.1, -0.05) is 6.07 Å². The van der Waals surface area contributed by atoms with Crippen LogP contribution in [0.4, 0.5) is 4.39 Å². The van der Waals surface area contributed by atoms with Crippen molar-refractivity contribution in [2.45, 2.75) is 19.4 Å². The molecule has 0 bridgehead atoms. The number of nitrogens with two attached hydrogens (primary N) is 1. The topological polar surface area (TPSA) is 60.2 Å². The first-order chi connectivity index (χ1) is 9.63. The van der Waals surface area contributed by atoms with Gasteiger partial charge in [-0.3, -0.25) is 16.3 Å². The Labute approximate surface area is 117 Å². The first-order valence-electron chi connectivity index (χ1n) is 6.35. The zero-order chi connectivity index (χ0) is 14.5. The molecule has 3 N–H and O–H groups in total. The smallest absolute Gasteiger partial charge is 0.165 e. The molecular weight excluding hydrogens is 257 g/mol. The SMILES string of the molecule is COc1ccc(CC(NN)c2cc(C)ccn2)cc1F. The van der Waals surface area contributed by atoms with Crippen molar-refractivity contribution >= 4 is 0 Å². The van der Waals surface area contributed by atoms with Gasteiger partial charge in [-0.05, 0) is 48.7 Å². The Morgan fingerprint density at radius 3 is 2.75 bits per heavy atom. The second-order valence-corrected chi connectivity index (χ2v) is 4.65. The number of methoxy groups -OCH3 is 1. The molecule has 0 radical (unpaired) electrons. The Bertz CT molecular complexity index is 589. The van der Waals surface area contributed by atoms with E-state index >= 15 is 0 Å². The molecule has 1 unspecified atom stereocenters. The molecule has 20 heavy (non-hydrogen) atoms. The van der Waals surface area contributed by atoms with Gasteiger partial charge in [0.2, 0.25) is 0 Å². The molecule has 1 aromatic carbocycles. The normalized spacial score (nSPS) is 12.2. The van der Waals surface area contributed by atoms with Gasteiger partial charge in [0.25, 0.3) is 0 Å². The Hall–Kier alpha value is -1.98. The van der Waals surface area contributed by atoms with Crippen LogP contribution in [0.1, 0.15) is 22.9 Å². The molecule has 0 saturated heterocycles. The number of benzene rings is 1. The number of aryl methyl sites for hydroxylation is 1. The van der Waals surface area contributed by atoms with Crippen molar-refractivity contribution in [1.82, 2.24) is 10.4 Å². The van der Waals surface area contributed by atoms with Gasteiger partial charge in [-0.25, -0.2) is 4.39 Å². The van der Waals surface area contributed by atoms with E-state index in [4.69, 9.17) is 10.6 Å². The predicted octanol–water partition coefficient (Wildman–Crippen LogP) is 2.28. The standard InChI is InChI=1S/C15H18FN3O/c1-10-5-6-18-13(7-10)14(19-17)9-11-3-4-15(20-2)12(16)8-11/h3-8,14,19H,9,17H2,1-2H3. The minimum atomic E-state index is -0.377. The number of rotatable bonds is 5. The van der Waals surface area contributed by atoms with E-state index < -0.39 is 0 Å². The van der Waals surface area contributed by atoms with Crippen LogP contribution in [0, 0.1) is 12.7 Å². The van der Waals surface area contributed by atoms with Crippen LogP contribution in [0.2, 0.25) is 0 Å². The maximum atomic E-state index is 13.7. The van der Waals surface area contributed by atoms with E-state index in [9.17, 15) is 4.39 Å². The quantitative estimate of drug-likeness (QED) is 0.649. The van der Waals surface area contributed by atoms with Gasteiger partial charge in [-0.15, -0.1) is 0 Å². The zero-order valence-electron chi connectivity index (χ0n) is 11.6. The molecule has 0 aliphatic carbocycles. The summed E-state index contributed by atoms with van der Waals surface area (Å²) < 4.78 is 18.6. The van der Waals surface area contributed by atoms with Crippen LogP contribution in [0.15, 0.2) is 36.5 Å². The highest BCUT2D eigenvalue weighted by Crippen LogP contribution is 2.22. The maximum Gasteiger partial charge on any atom is 0.165 e. The van der Waals surface area contributed by atoms with Crippen molar-refractivity contribution in [2.24, 2.45) is 5.84 Å². The summed E-state index contributed by atoms with van der Waals surface area (Å²) in [6.45, 7) is 1.99. The van der Waals surface area contributed by atoms with Crippen molar-refractivity contribution in [3.8, 4) is 5.75 Å². The molecule has 4 nitrogen and oxygen atoms in total. The number of nitrogens with zero attached hydrogens (tertiary/aromatic N) is 1. The molecule has 1 heterocycles. The van der Waals surface area contributed by atoms with E-state index in [1.54, 1.807) is 12.3 Å². The highest BCUT2D eigenvalue weighted by molar-refractivity contribution is 5.30. The minimum Gasteiger partial charge on any atom is -0.494 e. The molecule has 0 amide bonds. The van der Waals surface area contributed by atoms with Crippen molar-refractivity contribution in [3.63, 3.8) is 0 Å². The number of nitrogens with one attached hydrogen (secondary N) is 1. The molecule has 5 heteroatoms. The van der Waals surface area contributed by atoms with Gasteiger partial charge in [0.05, 0.1) is 18.8 Å². The molecular formula is C15H18FN3O. The second kappa shape index (κ2) is 6.45. The monoisotopic (exact) mass is 275 g/mol. The minimum absolute atomic E-state index is 0.164. The predicted molar refractivity (Wildman–Crippen MR) is 75.7 cm³/mol. The van der Waals surface area contributed by atoms with E-state index in [-0.39, 0.29) is 17.6 Å². The average Bonchev–Trinajstić information content (AvgIpc) is 2.45. The van der Waals surface area contributed by atoms with Gasteiger partial charge < -0.3 is 4.74 Å². The average molecular weight is 275 g/mol. The third kappa shape index (κ3) is 3.31. The third-order valence-corrected chi connectivity index (χ3v) is 3.15. The van der Waals surface area contributed by atoms with E-state index in [0.717, 1.165) is 16.8 Å². The highest BCUT2D eigenvalue weighted by atomic mass is 19.1. The first-order valence-corrected chi connectivity index (χ1v) is 6.35. The lowest BCUT2D eigenvalue weighted by molar-refractivity contribution is 0.386. The largest absolute Gasteiger partial charge is 0.494 e. The van der Waals surface area contributed by atoms with E-state index in [1.807, 2.05) is 25.1 Å². The fraction of sp³-hybridized carbons (Fsp3) is 0.267. The van der Waals surface area contributed by atoms with Crippen LogP contribution in [-0.2, 0) is 6.42 Å². The summed E-state index contributed by atoms with van der Waals surface area (Å²) in [6, 6.07) is 8.61. The molecule has 2 rings (SSSR count). The lowest BCUT2D eigenvalue weighted by atomic mass is 10.0. The van der Waals surface area contributed by atoms with Crippen molar-refractivity contribution in [3.05, 3.63) is 59.2 Å². The summed E-state index contributed by atoms with van der Waals surface area (Å²) in [4.78, 5) is 4.30. The number of hydrogen-bond acceptors (Lipinski definition) is 4. The molecule has 1 aromatic heterocycles. The molecule has 1 atom stereocenters. The zero-order valence-corrected chi connectivity index (χ0v) is 11.6. The molecule has 106 valence electrons. The number of aromatic nitrogens is 1. The summed E-state index contributed by atoms with van der Waals surface area (Å²) in [7, 11) is 1.44. The maximum absolute atomic E-state index is 13.7. The summed E-state index contributed by atoms with van der Waals surface area (Å²) >= 11 is 0. The van der Waals surface area contributed by atoms with E-state index in [0.29, 0.717) is 6.42 Å². The fourth-order valence-corrected chi connectivity index (χ4v) is 2.07. The highest BCUT2D eigenvalue weighted by Gasteiger charge is 2.13. The van der Waals surface area contributed by atoms with Gasteiger partial charge in [0.15, 0.2) is 11.6 Å².